The first-order valence-electron chi connectivity index (χ1n) is 16.2. The number of unbranched alkanes of at least 4 members (excludes halogenated alkanes) is 2. The van der Waals surface area contributed by atoms with Crippen molar-refractivity contribution in [2.24, 2.45) is 0 Å². The number of benzene rings is 4. The van der Waals surface area contributed by atoms with Gasteiger partial charge in [0.2, 0.25) is 0 Å². The molecule has 0 aliphatic carbocycles. The number of pyridine rings is 2. The van der Waals surface area contributed by atoms with Gasteiger partial charge in [0.05, 0.1) is 11.3 Å². The van der Waals surface area contributed by atoms with Crippen LogP contribution in [0.4, 0.5) is 0 Å². The molecule has 0 saturated heterocycles. The van der Waals surface area contributed by atoms with Crippen molar-refractivity contribution in [2.45, 2.75) is 65.2 Å². The zero-order chi connectivity index (χ0) is 29.6. The third-order valence-electron chi connectivity index (χ3n) is 9.17. The van der Waals surface area contributed by atoms with Gasteiger partial charge in [-0.1, -0.05) is 61.7 Å². The van der Waals surface area contributed by atoms with Crippen molar-refractivity contribution in [3.05, 3.63) is 120 Å². The molecular formula is C40H36N4Pt. The molecule has 8 aromatic rings. The topological polar surface area (TPSA) is 34.6 Å². The van der Waals surface area contributed by atoms with Gasteiger partial charge >= 0.3 is 21.1 Å². The molecule has 0 spiro atoms. The molecule has 4 aromatic heterocycles. The summed E-state index contributed by atoms with van der Waals surface area (Å²) in [6.45, 7) is 4.50. The Morgan fingerprint density at radius 3 is 1.49 bits per heavy atom. The molecule has 0 N–H and O–H groups in total. The average molecular weight is 768 g/mol. The van der Waals surface area contributed by atoms with Crippen LogP contribution in [0, 0.1) is 12.1 Å². The zero-order valence-electron chi connectivity index (χ0n) is 25.8. The maximum absolute atomic E-state index is 5.16. The third kappa shape index (κ3) is 5.24. The molecule has 4 heterocycles. The van der Waals surface area contributed by atoms with Gasteiger partial charge in [-0.25, -0.2) is 0 Å². The van der Waals surface area contributed by atoms with Crippen LogP contribution in [0.3, 0.4) is 0 Å². The van der Waals surface area contributed by atoms with Gasteiger partial charge in [0.15, 0.2) is 0 Å². The molecule has 0 atom stereocenters. The monoisotopic (exact) mass is 767 g/mol. The summed E-state index contributed by atoms with van der Waals surface area (Å²) in [6, 6.07) is 33.4. The summed E-state index contributed by atoms with van der Waals surface area (Å²) in [4.78, 5) is 10.3. The van der Waals surface area contributed by atoms with Crippen molar-refractivity contribution in [1.29, 1.82) is 0 Å². The Labute approximate surface area is 278 Å². The van der Waals surface area contributed by atoms with Crippen LogP contribution in [0.2, 0.25) is 0 Å². The number of aryl methyl sites for hydroxylation is 4. The largest absolute Gasteiger partial charge is 2.00 e. The van der Waals surface area contributed by atoms with E-state index in [2.05, 4.69) is 108 Å². The van der Waals surface area contributed by atoms with Crippen LogP contribution in [-0.2, 0) is 46.7 Å². The Kier molecular flexibility index (Phi) is 8.19. The minimum atomic E-state index is 0. The van der Waals surface area contributed by atoms with Crippen molar-refractivity contribution >= 4 is 54.6 Å². The fourth-order valence-electron chi connectivity index (χ4n) is 6.86. The second-order valence-corrected chi connectivity index (χ2v) is 12.2. The second kappa shape index (κ2) is 12.4. The maximum Gasteiger partial charge on any atom is 2.00 e. The minimum Gasteiger partial charge on any atom is -0.340 e. The number of rotatable bonds is 9. The van der Waals surface area contributed by atoms with E-state index in [0.29, 0.717) is 0 Å². The molecule has 4 nitrogen and oxygen atoms in total. The summed E-state index contributed by atoms with van der Waals surface area (Å²) in [5.41, 5.74) is 9.29. The van der Waals surface area contributed by atoms with Crippen molar-refractivity contribution in [2.75, 3.05) is 0 Å². The predicted molar refractivity (Wildman–Crippen MR) is 183 cm³/mol. The number of hydrogen-bond acceptors (Lipinski definition) is 2. The number of nitrogens with zero attached hydrogens (tertiary/aromatic N) is 4. The van der Waals surface area contributed by atoms with Crippen LogP contribution in [0.15, 0.2) is 85.2 Å². The van der Waals surface area contributed by atoms with Crippen LogP contribution in [0.1, 0.15) is 62.0 Å². The van der Waals surface area contributed by atoms with Gasteiger partial charge < -0.3 is 8.80 Å². The summed E-state index contributed by atoms with van der Waals surface area (Å²) < 4.78 is 4.53. The van der Waals surface area contributed by atoms with Crippen LogP contribution < -0.4 is 0 Å². The molecule has 0 amide bonds. The Morgan fingerprint density at radius 2 is 1.04 bits per heavy atom. The third-order valence-corrected chi connectivity index (χ3v) is 9.17. The molecule has 4 aromatic carbocycles. The van der Waals surface area contributed by atoms with E-state index in [4.69, 9.17) is 9.97 Å². The van der Waals surface area contributed by atoms with Crippen molar-refractivity contribution in [3.63, 3.8) is 0 Å². The van der Waals surface area contributed by atoms with Crippen molar-refractivity contribution < 1.29 is 21.1 Å². The van der Waals surface area contributed by atoms with Gasteiger partial charge in [-0.05, 0) is 72.6 Å². The first kappa shape index (κ1) is 29.7. The molecule has 0 saturated carbocycles. The Bertz CT molecular complexity index is 2160. The van der Waals surface area contributed by atoms with Crippen molar-refractivity contribution in [3.8, 4) is 0 Å². The summed E-state index contributed by atoms with van der Waals surface area (Å²) in [6.07, 6.45) is 13.1. The molecule has 0 unspecified atom stereocenters. The van der Waals surface area contributed by atoms with E-state index in [9.17, 15) is 0 Å². The molecule has 5 heteroatoms. The Hall–Kier alpha value is -4.01. The number of hydrogen-bond donors (Lipinski definition) is 0. The first-order valence-corrected chi connectivity index (χ1v) is 16.2. The molecule has 0 aliphatic rings. The molecule has 0 bridgehead atoms. The molecular weight excluding hydrogens is 732 g/mol. The minimum absolute atomic E-state index is 0. The van der Waals surface area contributed by atoms with E-state index in [0.717, 1.165) is 59.1 Å². The normalized spacial score (nSPS) is 11.9. The fourth-order valence-corrected chi connectivity index (χ4v) is 6.86. The van der Waals surface area contributed by atoms with E-state index >= 15 is 0 Å². The van der Waals surface area contributed by atoms with Gasteiger partial charge in [0, 0.05) is 34.8 Å². The predicted octanol–water partition coefficient (Wildman–Crippen LogP) is 9.66. The van der Waals surface area contributed by atoms with Gasteiger partial charge in [-0.2, -0.15) is 0 Å². The summed E-state index contributed by atoms with van der Waals surface area (Å²) >= 11 is 0. The Balaban J connectivity index is 0.00000325. The average Bonchev–Trinajstić information content (AvgIpc) is 3.71. The molecule has 0 radical (unpaired) electrons. The van der Waals surface area contributed by atoms with Gasteiger partial charge in [0.1, 0.15) is 0 Å². The van der Waals surface area contributed by atoms with E-state index in [1.54, 1.807) is 0 Å². The molecule has 226 valence electrons. The quantitative estimate of drug-likeness (QED) is 0.108. The van der Waals surface area contributed by atoms with Crippen LogP contribution in [0.5, 0.6) is 0 Å². The molecule has 0 fully saturated rings. The number of fused-ring (bicyclic) bond motifs is 12. The molecule has 45 heavy (non-hydrogen) atoms. The van der Waals surface area contributed by atoms with E-state index in [-0.39, 0.29) is 21.1 Å². The van der Waals surface area contributed by atoms with Crippen molar-refractivity contribution in [1.82, 2.24) is 18.8 Å². The van der Waals surface area contributed by atoms with Gasteiger partial charge in [-0.3, -0.25) is 9.97 Å². The second-order valence-electron chi connectivity index (χ2n) is 12.2. The SMILES string of the molecule is CCCCc1ccc2c(c1)c1ccc[c-]c1c1nc(CCc3cn4c5ccc(CCCC)cc5c5ccc[c-]c5c4n3)cn21.[Pt+2]. The van der Waals surface area contributed by atoms with Gasteiger partial charge in [-0.15, -0.1) is 59.3 Å². The number of aromatic nitrogens is 4. The zero-order valence-corrected chi connectivity index (χ0v) is 28.1. The smallest absolute Gasteiger partial charge is 0.340 e. The number of imidazole rings is 2. The van der Waals surface area contributed by atoms with Crippen LogP contribution in [0.25, 0.3) is 54.6 Å². The first-order chi connectivity index (χ1) is 21.7. The fraction of sp³-hybridized carbons (Fsp3) is 0.250. The summed E-state index contributed by atoms with van der Waals surface area (Å²) in [5, 5.41) is 7.15. The Morgan fingerprint density at radius 1 is 0.578 bits per heavy atom. The molecule has 0 aliphatic heterocycles. The van der Waals surface area contributed by atoms with E-state index < -0.39 is 0 Å². The van der Waals surface area contributed by atoms with Crippen LogP contribution in [-0.4, -0.2) is 18.8 Å². The van der Waals surface area contributed by atoms with E-state index in [1.165, 1.54) is 69.4 Å². The van der Waals surface area contributed by atoms with Crippen LogP contribution >= 0.6 is 0 Å². The summed E-state index contributed by atoms with van der Waals surface area (Å²) in [7, 11) is 0. The molecule has 8 rings (SSSR count). The standard InChI is InChI=1S/C40H36N4.Pt/c1-3-5-11-27-17-21-37-35(23-27)31-13-7-9-15-33(31)39-41-29(25-43(37)39)19-20-30-26-44-38-22-18-28(12-6-4-2)24-36(38)32-14-8-10-16-34(32)40(44)42-30;/h7-10,13-14,17-18,21-26H,3-6,11-12,19-20H2,1-2H3;/q-2;+2. The summed E-state index contributed by atoms with van der Waals surface area (Å²) in [5.74, 6) is 0. The maximum atomic E-state index is 5.16. The van der Waals surface area contributed by atoms with E-state index in [1.807, 2.05) is 12.1 Å². The van der Waals surface area contributed by atoms with Gasteiger partial charge in [0.25, 0.3) is 0 Å².